The molecule has 2 unspecified atom stereocenters. The second-order valence-electron chi connectivity index (χ2n) is 12.1. The van der Waals surface area contributed by atoms with Crippen molar-refractivity contribution >= 4 is 21.8 Å². The van der Waals surface area contributed by atoms with Crippen LogP contribution in [-0.2, 0) is 26.0 Å². The highest BCUT2D eigenvalue weighted by atomic mass is 32.2. The first-order valence-electron chi connectivity index (χ1n) is 15.1. The Morgan fingerprint density at radius 1 is 1.00 bits per heavy atom. The lowest BCUT2D eigenvalue weighted by molar-refractivity contribution is -0.199. The predicted octanol–water partition coefficient (Wildman–Crippen LogP) is 3.69. The fourth-order valence-corrected chi connectivity index (χ4v) is 7.25. The molecule has 0 saturated carbocycles. The zero-order valence-corrected chi connectivity index (χ0v) is 27.4. The van der Waals surface area contributed by atoms with Crippen molar-refractivity contribution in [3.05, 3.63) is 64.2 Å². The van der Waals surface area contributed by atoms with E-state index < -0.39 is 22.5 Å². The van der Waals surface area contributed by atoms with Crippen LogP contribution in [0.2, 0.25) is 0 Å². The predicted molar refractivity (Wildman–Crippen MR) is 170 cm³/mol. The van der Waals surface area contributed by atoms with Gasteiger partial charge in [-0.05, 0) is 59.4 Å². The molecule has 1 aliphatic rings. The number of nitrogens with two attached hydrogens (primary N) is 1. The molecule has 11 heteroatoms. The maximum Gasteiger partial charge on any atom is 0.241 e. The number of nitrogens with zero attached hydrogens (tertiary/aromatic N) is 2. The standard InChI is InChI=1S/C32H49N5O5S/c1-8-42-32(39)37-14-12-36(13-15-37)31(38)28(17-23-10-9-11-24(16-23)30(33)34)35-43(40,41)29-26(21(4)5)18-25(20(2)3)19-27(29)22(6)7/h9-11,16,18-22,28,32,35,39H,8,12-15,17H2,1-7H3,(H3,33,34). The number of piperazine rings is 1. The van der Waals surface area contributed by atoms with Crippen molar-refractivity contribution in [2.75, 3.05) is 32.8 Å². The van der Waals surface area contributed by atoms with Gasteiger partial charge in [0.05, 0.1) is 4.90 Å². The number of aliphatic hydroxyl groups excluding tert-OH is 1. The summed E-state index contributed by atoms with van der Waals surface area (Å²) in [5.41, 5.74) is 9.42. The minimum absolute atomic E-state index is 0.0611. The van der Waals surface area contributed by atoms with Crippen molar-refractivity contribution in [1.82, 2.24) is 14.5 Å². The molecule has 2 atom stereocenters. The van der Waals surface area contributed by atoms with Crippen molar-refractivity contribution in [2.45, 2.75) is 90.0 Å². The van der Waals surface area contributed by atoms with Gasteiger partial charge in [0.2, 0.25) is 22.3 Å². The largest absolute Gasteiger partial charge is 0.384 e. The van der Waals surface area contributed by atoms with Gasteiger partial charge < -0.3 is 20.5 Å². The van der Waals surface area contributed by atoms with Crippen LogP contribution < -0.4 is 10.5 Å². The van der Waals surface area contributed by atoms with Crippen molar-refractivity contribution in [3.63, 3.8) is 0 Å². The lowest BCUT2D eigenvalue weighted by atomic mass is 9.89. The Labute approximate surface area is 257 Å². The van der Waals surface area contributed by atoms with Gasteiger partial charge in [-0.2, -0.15) is 4.72 Å². The molecule has 0 radical (unpaired) electrons. The zero-order valence-electron chi connectivity index (χ0n) is 26.6. The maximum atomic E-state index is 14.3. The molecule has 1 fully saturated rings. The highest BCUT2D eigenvalue weighted by Gasteiger charge is 2.35. The summed E-state index contributed by atoms with van der Waals surface area (Å²) in [4.78, 5) is 17.6. The van der Waals surface area contributed by atoms with Crippen LogP contribution >= 0.6 is 0 Å². The average Bonchev–Trinajstić information content (AvgIpc) is 2.95. The summed E-state index contributed by atoms with van der Waals surface area (Å²) in [7, 11) is -4.15. The van der Waals surface area contributed by atoms with Gasteiger partial charge in [-0.3, -0.25) is 15.1 Å². The summed E-state index contributed by atoms with van der Waals surface area (Å²) in [6.07, 6.45) is -0.970. The lowest BCUT2D eigenvalue weighted by Gasteiger charge is -2.38. The van der Waals surface area contributed by atoms with Crippen LogP contribution in [0.3, 0.4) is 0 Å². The second-order valence-corrected chi connectivity index (χ2v) is 13.8. The Morgan fingerprint density at radius 2 is 1.58 bits per heavy atom. The third kappa shape index (κ3) is 8.63. The van der Waals surface area contributed by atoms with Crippen LogP contribution in [0.25, 0.3) is 0 Å². The van der Waals surface area contributed by atoms with E-state index in [1.807, 2.05) is 39.8 Å². The molecule has 2 aromatic rings. The first kappa shape index (κ1) is 34.7. The molecule has 5 N–H and O–H groups in total. The van der Waals surface area contributed by atoms with Crippen molar-refractivity contribution in [3.8, 4) is 0 Å². The average molecular weight is 616 g/mol. The number of carbonyl (C=O) groups excluding carboxylic acids is 1. The Kier molecular flexibility index (Phi) is 11.9. The third-order valence-corrected chi connectivity index (χ3v) is 9.48. The van der Waals surface area contributed by atoms with Gasteiger partial charge in [0.25, 0.3) is 0 Å². The number of rotatable bonds is 13. The molecule has 3 rings (SSSR count). The summed E-state index contributed by atoms with van der Waals surface area (Å²) in [6.45, 7) is 15.7. The molecule has 1 heterocycles. The van der Waals surface area contributed by atoms with Gasteiger partial charge >= 0.3 is 0 Å². The monoisotopic (exact) mass is 615 g/mol. The number of aliphatic hydroxyl groups is 1. The highest BCUT2D eigenvalue weighted by Crippen LogP contribution is 2.35. The number of sulfonamides is 1. The number of carbonyl (C=O) groups is 1. The van der Waals surface area contributed by atoms with E-state index in [2.05, 4.69) is 18.6 Å². The summed E-state index contributed by atoms with van der Waals surface area (Å²) in [6, 6.07) is 9.82. The molecule has 0 bridgehead atoms. The summed E-state index contributed by atoms with van der Waals surface area (Å²) in [5, 5.41) is 18.1. The molecule has 238 valence electrons. The van der Waals surface area contributed by atoms with Crippen LogP contribution in [0.15, 0.2) is 41.3 Å². The molecule has 1 saturated heterocycles. The van der Waals surface area contributed by atoms with E-state index in [0.29, 0.717) is 43.9 Å². The molecule has 2 aromatic carbocycles. The van der Waals surface area contributed by atoms with Crippen molar-refractivity contribution < 1.29 is 23.1 Å². The number of benzene rings is 2. The molecule has 0 spiro atoms. The number of ether oxygens (including phenoxy) is 1. The first-order chi connectivity index (χ1) is 20.2. The fourth-order valence-electron chi connectivity index (χ4n) is 5.37. The SMILES string of the molecule is CCOC(O)N1CCN(C(=O)C(Cc2cccc(C(=N)N)c2)NS(=O)(=O)c2c(C(C)C)cc(C(C)C)cc2C(C)C)CC1. The number of hydrogen-bond donors (Lipinski definition) is 4. The van der Waals surface area contributed by atoms with Crippen LogP contribution in [-0.4, -0.2) is 80.3 Å². The summed E-state index contributed by atoms with van der Waals surface area (Å²) >= 11 is 0. The third-order valence-electron chi connectivity index (χ3n) is 7.88. The maximum absolute atomic E-state index is 14.3. The number of amidine groups is 1. The normalized spacial score (nSPS) is 16.2. The topological polar surface area (TPSA) is 149 Å². The van der Waals surface area contributed by atoms with Gasteiger partial charge in [0.15, 0.2) is 0 Å². The van der Waals surface area contributed by atoms with Crippen LogP contribution in [0.4, 0.5) is 0 Å². The van der Waals surface area contributed by atoms with Crippen molar-refractivity contribution in [2.24, 2.45) is 5.73 Å². The lowest BCUT2D eigenvalue weighted by Crippen LogP contribution is -2.57. The number of nitrogen functional groups attached to an aromatic ring is 1. The van der Waals surface area contributed by atoms with Crippen LogP contribution in [0.1, 0.15) is 94.0 Å². The minimum Gasteiger partial charge on any atom is -0.384 e. The molecule has 0 aromatic heterocycles. The fraction of sp³-hybridized carbons (Fsp3) is 0.562. The van der Waals surface area contributed by atoms with Crippen LogP contribution in [0, 0.1) is 5.41 Å². The summed E-state index contributed by atoms with van der Waals surface area (Å²) < 4.78 is 36.8. The molecular formula is C32H49N5O5S. The van der Waals surface area contributed by atoms with E-state index in [1.54, 1.807) is 41.0 Å². The van der Waals surface area contributed by atoms with E-state index in [-0.39, 0.29) is 40.8 Å². The van der Waals surface area contributed by atoms with Gasteiger partial charge in [-0.1, -0.05) is 71.9 Å². The molecule has 10 nitrogen and oxygen atoms in total. The minimum atomic E-state index is -4.15. The first-order valence-corrected chi connectivity index (χ1v) is 16.6. The van der Waals surface area contributed by atoms with Gasteiger partial charge in [0, 0.05) is 38.3 Å². The van der Waals surface area contributed by atoms with Crippen LogP contribution in [0.5, 0.6) is 0 Å². The molecule has 0 aliphatic carbocycles. The Balaban J connectivity index is 2.03. The molecule has 1 amide bonds. The van der Waals surface area contributed by atoms with E-state index in [4.69, 9.17) is 15.9 Å². The van der Waals surface area contributed by atoms with E-state index in [9.17, 15) is 18.3 Å². The Bertz CT molecular complexity index is 1360. The number of amides is 1. The molecular weight excluding hydrogens is 566 g/mol. The zero-order chi connectivity index (χ0) is 32.1. The quantitative estimate of drug-likeness (QED) is 0.153. The Hall–Kier alpha value is -2.83. The van der Waals surface area contributed by atoms with E-state index in [0.717, 1.165) is 16.7 Å². The second kappa shape index (κ2) is 14.8. The highest BCUT2D eigenvalue weighted by molar-refractivity contribution is 7.89. The van der Waals surface area contributed by atoms with Gasteiger partial charge in [-0.25, -0.2) is 8.42 Å². The van der Waals surface area contributed by atoms with Gasteiger partial charge in [-0.15, -0.1) is 0 Å². The van der Waals surface area contributed by atoms with E-state index in [1.165, 1.54) is 0 Å². The van der Waals surface area contributed by atoms with E-state index >= 15 is 0 Å². The molecule has 43 heavy (non-hydrogen) atoms. The number of hydrogen-bond acceptors (Lipinski definition) is 7. The smallest absolute Gasteiger partial charge is 0.241 e. The molecule has 1 aliphatic heterocycles. The van der Waals surface area contributed by atoms with Gasteiger partial charge in [0.1, 0.15) is 11.9 Å². The number of nitrogens with one attached hydrogen (secondary N) is 2. The van der Waals surface area contributed by atoms with Crippen molar-refractivity contribution in [1.29, 1.82) is 5.41 Å². The summed E-state index contributed by atoms with van der Waals surface area (Å²) in [5.74, 6) is -0.355. The Morgan fingerprint density at radius 3 is 2.07 bits per heavy atom.